The number of urea groups is 1. The maximum Gasteiger partial charge on any atom is 0.322 e. The Morgan fingerprint density at radius 3 is 2.63 bits per heavy atom. The summed E-state index contributed by atoms with van der Waals surface area (Å²) in [7, 11) is 1.92. The zero-order valence-electron chi connectivity index (χ0n) is 16.2. The number of aryl methyl sites for hydroxylation is 1. The Morgan fingerprint density at radius 2 is 2.07 bits per heavy atom. The van der Waals surface area contributed by atoms with E-state index in [9.17, 15) is 9.59 Å². The fourth-order valence-electron chi connectivity index (χ4n) is 3.38. The predicted octanol–water partition coefficient (Wildman–Crippen LogP) is 3.38. The molecule has 2 aromatic rings. The van der Waals surface area contributed by atoms with Crippen molar-refractivity contribution in [3.05, 3.63) is 42.5 Å². The predicted molar refractivity (Wildman–Crippen MR) is 106 cm³/mol. The average molecular weight is 369 g/mol. The number of amides is 3. The Hall–Kier alpha value is -2.83. The number of carbonyl (C=O) groups is 2. The molecule has 0 unspecified atom stereocenters. The molecule has 1 aromatic heterocycles. The Labute approximate surface area is 160 Å². The second-order valence-electron chi connectivity index (χ2n) is 7.00. The lowest BCUT2D eigenvalue weighted by Crippen LogP contribution is -2.36. The van der Waals surface area contributed by atoms with Crippen LogP contribution in [0.4, 0.5) is 16.2 Å². The van der Waals surface area contributed by atoms with Crippen molar-refractivity contribution in [3.8, 4) is 0 Å². The van der Waals surface area contributed by atoms with Crippen molar-refractivity contribution in [2.24, 2.45) is 7.05 Å². The molecule has 0 saturated carbocycles. The minimum atomic E-state index is -0.154. The summed E-state index contributed by atoms with van der Waals surface area (Å²) in [6, 6.07) is 7.53. The van der Waals surface area contributed by atoms with E-state index in [1.807, 2.05) is 53.9 Å². The third-order valence-corrected chi connectivity index (χ3v) is 4.92. The lowest BCUT2D eigenvalue weighted by Gasteiger charge is -2.23. The van der Waals surface area contributed by atoms with E-state index < -0.39 is 0 Å². The first-order valence-electron chi connectivity index (χ1n) is 9.44. The normalized spacial score (nSPS) is 16.6. The fraction of sp³-hybridized carbons (Fsp3) is 0.450. The maximum absolute atomic E-state index is 12.7. The number of nitrogens with zero attached hydrogens (tertiary/aromatic N) is 4. The van der Waals surface area contributed by atoms with E-state index in [1.165, 1.54) is 0 Å². The molecular weight excluding hydrogens is 342 g/mol. The van der Waals surface area contributed by atoms with Crippen LogP contribution < -0.4 is 10.2 Å². The van der Waals surface area contributed by atoms with Crippen LogP contribution in [0.2, 0.25) is 0 Å². The van der Waals surface area contributed by atoms with Gasteiger partial charge in [0, 0.05) is 49.8 Å². The molecule has 7 heteroatoms. The number of rotatable bonds is 6. The molecular formula is C20H27N5O2. The third-order valence-electron chi connectivity index (χ3n) is 4.92. The molecule has 1 aromatic carbocycles. The van der Waals surface area contributed by atoms with E-state index in [-0.39, 0.29) is 18.0 Å². The summed E-state index contributed by atoms with van der Waals surface area (Å²) in [5, 5.41) is 2.95. The molecule has 1 fully saturated rings. The zero-order valence-corrected chi connectivity index (χ0v) is 16.2. The Morgan fingerprint density at radius 1 is 1.33 bits per heavy atom. The van der Waals surface area contributed by atoms with Gasteiger partial charge in [0.25, 0.3) is 0 Å². The monoisotopic (exact) mass is 369 g/mol. The van der Waals surface area contributed by atoms with Gasteiger partial charge < -0.3 is 19.7 Å². The molecule has 3 amide bonds. The van der Waals surface area contributed by atoms with Crippen molar-refractivity contribution in [1.29, 1.82) is 0 Å². The second kappa shape index (κ2) is 8.24. The minimum Gasteiger partial charge on any atom is -0.337 e. The van der Waals surface area contributed by atoms with E-state index in [0.717, 1.165) is 24.4 Å². The second-order valence-corrected chi connectivity index (χ2v) is 7.00. The number of hydrogen-bond acceptors (Lipinski definition) is 3. The van der Waals surface area contributed by atoms with Crippen LogP contribution in [-0.2, 0) is 18.4 Å². The number of imidazole rings is 1. The van der Waals surface area contributed by atoms with Crippen molar-refractivity contribution in [2.75, 3.05) is 16.8 Å². The first-order chi connectivity index (χ1) is 13.0. The molecule has 0 aliphatic carbocycles. The van der Waals surface area contributed by atoms with Gasteiger partial charge in [-0.1, -0.05) is 6.92 Å². The maximum atomic E-state index is 12.7. The van der Waals surface area contributed by atoms with Crippen molar-refractivity contribution in [1.82, 2.24) is 14.5 Å². The number of benzene rings is 1. The number of hydrogen-bond donors (Lipinski definition) is 1. The van der Waals surface area contributed by atoms with Crippen LogP contribution in [0.3, 0.4) is 0 Å². The summed E-state index contributed by atoms with van der Waals surface area (Å²) in [6.45, 7) is 5.21. The first kappa shape index (κ1) is 18.9. The summed E-state index contributed by atoms with van der Waals surface area (Å²) >= 11 is 0. The fourth-order valence-corrected chi connectivity index (χ4v) is 3.38. The Kier molecular flexibility index (Phi) is 5.78. The van der Waals surface area contributed by atoms with Gasteiger partial charge in [-0.05, 0) is 44.0 Å². The Balaban J connectivity index is 1.66. The molecule has 1 aliphatic heterocycles. The topological polar surface area (TPSA) is 70.5 Å². The van der Waals surface area contributed by atoms with Gasteiger partial charge in [-0.3, -0.25) is 4.79 Å². The largest absolute Gasteiger partial charge is 0.337 e. The highest BCUT2D eigenvalue weighted by Crippen LogP contribution is 2.27. The van der Waals surface area contributed by atoms with Crippen LogP contribution in [0, 0.1) is 0 Å². The van der Waals surface area contributed by atoms with Crippen LogP contribution in [0.5, 0.6) is 0 Å². The highest BCUT2D eigenvalue weighted by Gasteiger charge is 2.28. The lowest BCUT2D eigenvalue weighted by atomic mass is 10.2. The SMILES string of the molecule is CCCN(Cc1nccn1C)C(=O)Nc1ccc(N2C(=O)CC[C@H]2C)cc1. The van der Waals surface area contributed by atoms with Crippen LogP contribution in [0.15, 0.2) is 36.7 Å². The van der Waals surface area contributed by atoms with E-state index in [4.69, 9.17) is 0 Å². The lowest BCUT2D eigenvalue weighted by molar-refractivity contribution is -0.117. The molecule has 2 heterocycles. The number of anilines is 2. The molecule has 0 radical (unpaired) electrons. The standard InChI is InChI=1S/C20H27N5O2/c1-4-12-24(14-18-21-11-13-23(18)3)20(27)22-16-6-8-17(9-7-16)25-15(2)5-10-19(25)26/h6-9,11,13,15H,4-5,10,12,14H2,1-3H3,(H,22,27)/t15-/m1/s1. The van der Waals surface area contributed by atoms with Gasteiger partial charge in [-0.2, -0.15) is 0 Å². The van der Waals surface area contributed by atoms with Crippen molar-refractivity contribution in [3.63, 3.8) is 0 Å². The van der Waals surface area contributed by atoms with Gasteiger partial charge in [0.15, 0.2) is 0 Å². The van der Waals surface area contributed by atoms with Gasteiger partial charge in [-0.25, -0.2) is 9.78 Å². The minimum absolute atomic E-state index is 0.154. The molecule has 0 spiro atoms. The zero-order chi connectivity index (χ0) is 19.4. The molecule has 1 saturated heterocycles. The van der Waals surface area contributed by atoms with Gasteiger partial charge in [0.1, 0.15) is 5.82 Å². The van der Waals surface area contributed by atoms with Crippen molar-refractivity contribution >= 4 is 23.3 Å². The van der Waals surface area contributed by atoms with E-state index in [2.05, 4.69) is 17.2 Å². The highest BCUT2D eigenvalue weighted by atomic mass is 16.2. The van der Waals surface area contributed by atoms with Gasteiger partial charge in [0.2, 0.25) is 5.91 Å². The quantitative estimate of drug-likeness (QED) is 0.848. The number of aromatic nitrogens is 2. The van der Waals surface area contributed by atoms with Crippen molar-refractivity contribution < 1.29 is 9.59 Å². The summed E-state index contributed by atoms with van der Waals surface area (Å²) in [4.78, 5) is 32.6. The van der Waals surface area contributed by atoms with Crippen LogP contribution in [-0.4, -0.2) is 39.0 Å². The molecule has 0 bridgehead atoms. The van der Waals surface area contributed by atoms with Gasteiger partial charge >= 0.3 is 6.03 Å². The summed E-state index contributed by atoms with van der Waals surface area (Å²) in [5.41, 5.74) is 1.59. The molecule has 27 heavy (non-hydrogen) atoms. The summed E-state index contributed by atoms with van der Waals surface area (Å²) in [5.74, 6) is 0.999. The molecule has 1 N–H and O–H groups in total. The summed E-state index contributed by atoms with van der Waals surface area (Å²) < 4.78 is 1.92. The molecule has 1 atom stereocenters. The summed E-state index contributed by atoms with van der Waals surface area (Å²) in [6.07, 6.45) is 5.95. The molecule has 144 valence electrons. The van der Waals surface area contributed by atoms with Crippen molar-refractivity contribution in [2.45, 2.75) is 45.7 Å². The third kappa shape index (κ3) is 4.30. The van der Waals surface area contributed by atoms with Crippen LogP contribution >= 0.6 is 0 Å². The molecule has 7 nitrogen and oxygen atoms in total. The molecule has 1 aliphatic rings. The van der Waals surface area contributed by atoms with E-state index in [0.29, 0.717) is 25.2 Å². The van der Waals surface area contributed by atoms with Crippen LogP contribution in [0.25, 0.3) is 0 Å². The van der Waals surface area contributed by atoms with Gasteiger partial charge in [-0.15, -0.1) is 0 Å². The van der Waals surface area contributed by atoms with E-state index in [1.54, 1.807) is 11.1 Å². The first-order valence-corrected chi connectivity index (χ1v) is 9.44. The highest BCUT2D eigenvalue weighted by molar-refractivity contribution is 5.96. The number of carbonyl (C=O) groups excluding carboxylic acids is 2. The smallest absolute Gasteiger partial charge is 0.322 e. The van der Waals surface area contributed by atoms with Gasteiger partial charge in [0.05, 0.1) is 6.54 Å². The number of nitrogens with one attached hydrogen (secondary N) is 1. The average Bonchev–Trinajstić information content (AvgIpc) is 3.20. The van der Waals surface area contributed by atoms with Crippen LogP contribution in [0.1, 0.15) is 38.9 Å². The molecule has 3 rings (SSSR count). The Bertz CT molecular complexity index is 799. The van der Waals surface area contributed by atoms with E-state index >= 15 is 0 Å².